The number of ketones is 1. The third-order valence-electron chi connectivity index (χ3n) is 4.03. The van der Waals surface area contributed by atoms with Crippen LogP contribution >= 0.6 is 11.3 Å². The number of ether oxygens (including phenoxy) is 3. The number of hydrogen-bond acceptors (Lipinski definition) is 6. The molecule has 0 saturated carbocycles. The van der Waals surface area contributed by atoms with Gasteiger partial charge in [-0.05, 0) is 53.4 Å². The monoisotopic (exact) mass is 396 g/mol. The molecule has 1 N–H and O–H groups in total. The summed E-state index contributed by atoms with van der Waals surface area (Å²) in [5, 5.41) is 11.6. The van der Waals surface area contributed by atoms with Crippen LogP contribution in [-0.4, -0.2) is 25.1 Å². The third kappa shape index (κ3) is 4.72. The maximum Gasteiger partial charge on any atom is 0.185 e. The Morgan fingerprint density at radius 1 is 1.04 bits per heavy atom. The number of rotatable bonds is 8. The summed E-state index contributed by atoms with van der Waals surface area (Å²) in [6.45, 7) is 0.477. The van der Waals surface area contributed by atoms with Crippen LogP contribution in [0.5, 0.6) is 23.0 Å². The predicted octanol–water partition coefficient (Wildman–Crippen LogP) is 4.95. The van der Waals surface area contributed by atoms with Gasteiger partial charge in [-0.25, -0.2) is 0 Å². The highest BCUT2D eigenvalue weighted by Gasteiger charge is 2.09. The van der Waals surface area contributed by atoms with Crippen molar-refractivity contribution in [2.24, 2.45) is 0 Å². The molecule has 3 rings (SSSR count). The van der Waals surface area contributed by atoms with Gasteiger partial charge in [0.2, 0.25) is 0 Å². The molecule has 0 spiro atoms. The van der Waals surface area contributed by atoms with E-state index in [2.05, 4.69) is 0 Å². The zero-order chi connectivity index (χ0) is 19.9. The van der Waals surface area contributed by atoms with Crippen molar-refractivity contribution < 1.29 is 24.1 Å². The minimum atomic E-state index is -0.199. The molecule has 0 radical (unpaired) electrons. The lowest BCUT2D eigenvalue weighted by Crippen LogP contribution is -1.97. The van der Waals surface area contributed by atoms with Gasteiger partial charge in [-0.1, -0.05) is 18.2 Å². The Hall–Kier alpha value is -3.25. The Morgan fingerprint density at radius 2 is 1.86 bits per heavy atom. The van der Waals surface area contributed by atoms with E-state index in [1.807, 2.05) is 35.7 Å². The molecule has 3 aromatic rings. The quantitative estimate of drug-likeness (QED) is 0.431. The van der Waals surface area contributed by atoms with Crippen LogP contribution in [0, 0.1) is 0 Å². The van der Waals surface area contributed by atoms with Crippen LogP contribution in [0.1, 0.15) is 20.8 Å². The molecule has 6 heteroatoms. The average Bonchev–Trinajstić information content (AvgIpc) is 3.24. The molecule has 5 nitrogen and oxygen atoms in total. The second-order valence-corrected chi connectivity index (χ2v) is 6.89. The first-order valence-corrected chi connectivity index (χ1v) is 9.41. The molecule has 0 aliphatic carbocycles. The van der Waals surface area contributed by atoms with Crippen molar-refractivity contribution in [2.45, 2.75) is 6.61 Å². The van der Waals surface area contributed by atoms with E-state index in [1.165, 1.54) is 25.3 Å². The van der Waals surface area contributed by atoms with Crippen LogP contribution in [0.25, 0.3) is 6.08 Å². The van der Waals surface area contributed by atoms with Crippen molar-refractivity contribution in [3.63, 3.8) is 0 Å². The van der Waals surface area contributed by atoms with Crippen molar-refractivity contribution in [3.05, 3.63) is 76.0 Å². The van der Waals surface area contributed by atoms with E-state index >= 15 is 0 Å². The van der Waals surface area contributed by atoms with E-state index in [0.29, 0.717) is 23.7 Å². The summed E-state index contributed by atoms with van der Waals surface area (Å²) < 4.78 is 16.3. The van der Waals surface area contributed by atoms with E-state index in [4.69, 9.17) is 14.2 Å². The molecule has 1 aromatic heterocycles. The number of aromatic hydroxyl groups is 1. The molecule has 0 aliphatic rings. The Balaban J connectivity index is 1.72. The maximum absolute atomic E-state index is 12.4. The van der Waals surface area contributed by atoms with Crippen molar-refractivity contribution in [1.29, 1.82) is 0 Å². The fraction of sp³-hybridized carbons (Fsp3) is 0.136. The van der Waals surface area contributed by atoms with Gasteiger partial charge in [-0.2, -0.15) is 0 Å². The van der Waals surface area contributed by atoms with Crippen molar-refractivity contribution in [2.75, 3.05) is 14.2 Å². The molecule has 0 aliphatic heterocycles. The van der Waals surface area contributed by atoms with Gasteiger partial charge in [0.25, 0.3) is 0 Å². The first-order chi connectivity index (χ1) is 13.6. The van der Waals surface area contributed by atoms with Crippen LogP contribution in [0.3, 0.4) is 0 Å². The van der Waals surface area contributed by atoms with E-state index in [-0.39, 0.29) is 17.3 Å². The molecule has 0 amide bonds. The van der Waals surface area contributed by atoms with Crippen LogP contribution in [0.2, 0.25) is 0 Å². The lowest BCUT2D eigenvalue weighted by molar-refractivity contribution is 0.104. The smallest absolute Gasteiger partial charge is 0.185 e. The van der Waals surface area contributed by atoms with Gasteiger partial charge in [0.05, 0.1) is 14.2 Å². The van der Waals surface area contributed by atoms with Gasteiger partial charge < -0.3 is 19.3 Å². The summed E-state index contributed by atoms with van der Waals surface area (Å²) in [5.41, 5.74) is 1.23. The summed E-state index contributed by atoms with van der Waals surface area (Å²) in [6.07, 6.45) is 3.17. The molecule has 0 atom stereocenters. The van der Waals surface area contributed by atoms with Crippen LogP contribution in [0.15, 0.2) is 60.0 Å². The summed E-state index contributed by atoms with van der Waals surface area (Å²) in [4.78, 5) is 13.5. The summed E-state index contributed by atoms with van der Waals surface area (Å²) >= 11 is 1.63. The highest BCUT2D eigenvalue weighted by Crippen LogP contribution is 2.30. The number of carbonyl (C=O) groups excluding carboxylic acids is 1. The number of benzene rings is 2. The van der Waals surface area contributed by atoms with Gasteiger partial charge >= 0.3 is 0 Å². The summed E-state index contributed by atoms with van der Waals surface area (Å²) in [5.74, 6) is 1.29. The Labute approximate surface area is 167 Å². The Kier molecular flexibility index (Phi) is 6.34. The molecule has 144 valence electrons. The second-order valence-electron chi connectivity index (χ2n) is 5.86. The molecule has 1 heterocycles. The van der Waals surface area contributed by atoms with Crippen molar-refractivity contribution in [1.82, 2.24) is 0 Å². The average molecular weight is 396 g/mol. The number of phenols is 1. The van der Waals surface area contributed by atoms with Crippen LogP contribution in [0.4, 0.5) is 0 Å². The predicted molar refractivity (Wildman–Crippen MR) is 110 cm³/mol. The lowest BCUT2D eigenvalue weighted by Gasteiger charge is -2.10. The van der Waals surface area contributed by atoms with Gasteiger partial charge in [0.15, 0.2) is 28.8 Å². The molecular formula is C22H20O5S. The van der Waals surface area contributed by atoms with Crippen LogP contribution < -0.4 is 14.2 Å². The molecule has 0 unspecified atom stereocenters. The highest BCUT2D eigenvalue weighted by molar-refractivity contribution is 7.09. The number of thiophene rings is 1. The number of methoxy groups -OCH3 is 2. The largest absolute Gasteiger partial charge is 0.504 e. The Bertz CT molecular complexity index is 977. The number of allylic oxidation sites excluding steroid dienone is 1. The molecule has 2 aromatic carbocycles. The second kappa shape index (κ2) is 9.10. The highest BCUT2D eigenvalue weighted by atomic mass is 32.1. The van der Waals surface area contributed by atoms with E-state index in [0.717, 1.165) is 10.4 Å². The van der Waals surface area contributed by atoms with Gasteiger partial charge in [0, 0.05) is 10.4 Å². The standard InChI is InChI=1S/C22H20O5S/c1-25-21-13-16(7-9-19(21)24)18(23)8-5-15-6-10-20(22(12-15)26-2)27-14-17-4-3-11-28-17/h3-13,24H,14H2,1-2H3/b8-5+. The van der Waals surface area contributed by atoms with Crippen molar-refractivity contribution >= 4 is 23.2 Å². The summed E-state index contributed by atoms with van der Waals surface area (Å²) in [6, 6.07) is 14.0. The molecule has 0 fully saturated rings. The number of hydrogen-bond donors (Lipinski definition) is 1. The van der Waals surface area contributed by atoms with E-state index < -0.39 is 0 Å². The summed E-state index contributed by atoms with van der Waals surface area (Å²) in [7, 11) is 3.02. The van der Waals surface area contributed by atoms with Crippen LogP contribution in [-0.2, 0) is 6.61 Å². The first kappa shape index (κ1) is 19.5. The van der Waals surface area contributed by atoms with Gasteiger partial charge in [-0.3, -0.25) is 4.79 Å². The van der Waals surface area contributed by atoms with E-state index in [9.17, 15) is 9.90 Å². The maximum atomic E-state index is 12.4. The molecular weight excluding hydrogens is 376 g/mol. The van der Waals surface area contributed by atoms with Gasteiger partial charge in [0.1, 0.15) is 6.61 Å². The molecule has 28 heavy (non-hydrogen) atoms. The molecule has 0 saturated heterocycles. The van der Waals surface area contributed by atoms with E-state index in [1.54, 1.807) is 30.6 Å². The first-order valence-electron chi connectivity index (χ1n) is 8.53. The fourth-order valence-corrected chi connectivity index (χ4v) is 3.17. The van der Waals surface area contributed by atoms with Crippen molar-refractivity contribution in [3.8, 4) is 23.0 Å². The minimum Gasteiger partial charge on any atom is -0.504 e. The fourth-order valence-electron chi connectivity index (χ4n) is 2.55. The topological polar surface area (TPSA) is 65.0 Å². The molecule has 0 bridgehead atoms. The number of carbonyl (C=O) groups is 1. The minimum absolute atomic E-state index is 0.00842. The van der Waals surface area contributed by atoms with Gasteiger partial charge in [-0.15, -0.1) is 11.3 Å². The zero-order valence-corrected chi connectivity index (χ0v) is 16.4. The third-order valence-corrected chi connectivity index (χ3v) is 4.88. The lowest BCUT2D eigenvalue weighted by atomic mass is 10.1. The SMILES string of the molecule is COc1cc(C(=O)/C=C/c2ccc(OCc3cccs3)c(OC)c2)ccc1O. The number of phenolic OH excluding ortho intramolecular Hbond substituents is 1. The normalized spacial score (nSPS) is 10.8. The Morgan fingerprint density at radius 3 is 2.57 bits per heavy atom. The zero-order valence-electron chi connectivity index (χ0n) is 15.5.